The SMILES string of the molecule is C[C@@H](c1cccnc1)N(C)S(=O)(=O)CCc1ccc([N+](=O)[O-])cc1. The van der Waals surface area contributed by atoms with Gasteiger partial charge in [0, 0.05) is 37.6 Å². The second kappa shape index (κ2) is 7.50. The lowest BCUT2D eigenvalue weighted by Crippen LogP contribution is -2.32. The summed E-state index contributed by atoms with van der Waals surface area (Å²) < 4.78 is 26.3. The van der Waals surface area contributed by atoms with E-state index in [0.717, 1.165) is 11.1 Å². The van der Waals surface area contributed by atoms with Crippen molar-refractivity contribution in [1.82, 2.24) is 9.29 Å². The van der Waals surface area contributed by atoms with Gasteiger partial charge in [-0.05, 0) is 30.5 Å². The molecule has 1 atom stereocenters. The standard InChI is InChI=1S/C16H19N3O4S/c1-13(15-4-3-10-17-12-15)18(2)24(22,23)11-9-14-5-7-16(8-6-14)19(20)21/h3-8,10,12-13H,9,11H2,1-2H3/t13-/m0/s1. The fourth-order valence-electron chi connectivity index (χ4n) is 2.25. The fraction of sp³-hybridized carbons (Fsp3) is 0.312. The lowest BCUT2D eigenvalue weighted by atomic mass is 10.1. The van der Waals surface area contributed by atoms with Crippen LogP contribution in [0.3, 0.4) is 0 Å². The van der Waals surface area contributed by atoms with Crippen molar-refractivity contribution < 1.29 is 13.3 Å². The summed E-state index contributed by atoms with van der Waals surface area (Å²) in [7, 11) is -1.92. The van der Waals surface area contributed by atoms with Crippen LogP contribution in [0.1, 0.15) is 24.1 Å². The fourth-order valence-corrected chi connectivity index (χ4v) is 3.63. The third kappa shape index (κ3) is 4.36. The minimum absolute atomic E-state index is 0.0103. The number of nitrogens with zero attached hydrogens (tertiary/aromatic N) is 3. The molecule has 0 aliphatic carbocycles. The van der Waals surface area contributed by atoms with Gasteiger partial charge in [0.25, 0.3) is 5.69 Å². The molecule has 0 N–H and O–H groups in total. The van der Waals surface area contributed by atoms with Crippen LogP contribution in [0.4, 0.5) is 5.69 Å². The molecule has 0 saturated heterocycles. The molecule has 1 heterocycles. The van der Waals surface area contributed by atoms with Crippen LogP contribution in [0.25, 0.3) is 0 Å². The molecule has 1 aromatic heterocycles. The molecule has 0 fully saturated rings. The Morgan fingerprint density at radius 3 is 2.46 bits per heavy atom. The van der Waals surface area contributed by atoms with Crippen molar-refractivity contribution in [3.8, 4) is 0 Å². The number of pyridine rings is 1. The minimum Gasteiger partial charge on any atom is -0.264 e. The minimum atomic E-state index is -3.46. The van der Waals surface area contributed by atoms with Gasteiger partial charge in [0.1, 0.15) is 0 Å². The Hall–Kier alpha value is -2.32. The van der Waals surface area contributed by atoms with Crippen LogP contribution in [-0.2, 0) is 16.4 Å². The van der Waals surface area contributed by atoms with E-state index >= 15 is 0 Å². The van der Waals surface area contributed by atoms with Gasteiger partial charge in [0.2, 0.25) is 10.0 Å². The Morgan fingerprint density at radius 2 is 1.92 bits per heavy atom. The average Bonchev–Trinajstić information content (AvgIpc) is 2.59. The molecule has 0 saturated carbocycles. The average molecular weight is 349 g/mol. The predicted octanol–water partition coefficient (Wildman–Crippen LogP) is 2.56. The van der Waals surface area contributed by atoms with Crippen molar-refractivity contribution in [3.63, 3.8) is 0 Å². The maximum atomic E-state index is 12.5. The van der Waals surface area contributed by atoms with Crippen molar-refractivity contribution in [2.45, 2.75) is 19.4 Å². The van der Waals surface area contributed by atoms with Crippen molar-refractivity contribution in [2.75, 3.05) is 12.8 Å². The van der Waals surface area contributed by atoms with Gasteiger partial charge < -0.3 is 0 Å². The quantitative estimate of drug-likeness (QED) is 0.566. The van der Waals surface area contributed by atoms with E-state index in [9.17, 15) is 18.5 Å². The molecule has 0 aliphatic heterocycles. The van der Waals surface area contributed by atoms with E-state index in [-0.39, 0.29) is 17.5 Å². The first-order valence-electron chi connectivity index (χ1n) is 7.40. The van der Waals surface area contributed by atoms with Crippen LogP contribution >= 0.6 is 0 Å². The Kier molecular flexibility index (Phi) is 5.63. The Bertz CT molecular complexity index is 792. The van der Waals surface area contributed by atoms with Crippen molar-refractivity contribution in [1.29, 1.82) is 0 Å². The summed E-state index contributed by atoms with van der Waals surface area (Å²) in [5.74, 6) is -0.0636. The second-order valence-corrected chi connectivity index (χ2v) is 7.62. The molecule has 2 rings (SSSR count). The maximum Gasteiger partial charge on any atom is 0.269 e. The number of hydrogen-bond donors (Lipinski definition) is 0. The first kappa shape index (κ1) is 18.0. The molecule has 1 aromatic carbocycles. The van der Waals surface area contributed by atoms with E-state index in [2.05, 4.69) is 4.98 Å². The summed E-state index contributed by atoms with van der Waals surface area (Å²) >= 11 is 0. The van der Waals surface area contributed by atoms with Crippen molar-refractivity contribution in [3.05, 3.63) is 70.0 Å². The van der Waals surface area contributed by atoms with Crippen molar-refractivity contribution in [2.24, 2.45) is 0 Å². The number of nitro groups is 1. The molecule has 0 aliphatic rings. The van der Waals surface area contributed by atoms with Gasteiger partial charge in [-0.15, -0.1) is 0 Å². The van der Waals surface area contributed by atoms with Gasteiger partial charge in [-0.25, -0.2) is 8.42 Å². The number of rotatable bonds is 7. The molecule has 0 radical (unpaired) electrons. The van der Waals surface area contributed by atoms with Gasteiger partial charge in [-0.3, -0.25) is 15.1 Å². The third-order valence-electron chi connectivity index (χ3n) is 3.95. The highest BCUT2D eigenvalue weighted by Crippen LogP contribution is 2.21. The van der Waals surface area contributed by atoms with E-state index in [4.69, 9.17) is 0 Å². The van der Waals surface area contributed by atoms with Crippen LogP contribution in [0.15, 0.2) is 48.8 Å². The molecule has 7 nitrogen and oxygen atoms in total. The number of hydrogen-bond acceptors (Lipinski definition) is 5. The van der Waals surface area contributed by atoms with Gasteiger partial charge in [-0.1, -0.05) is 18.2 Å². The van der Waals surface area contributed by atoms with Crippen LogP contribution in [0.2, 0.25) is 0 Å². The molecular weight excluding hydrogens is 330 g/mol. The number of nitro benzene ring substituents is 1. The number of sulfonamides is 1. The molecule has 24 heavy (non-hydrogen) atoms. The van der Waals surface area contributed by atoms with E-state index in [0.29, 0.717) is 6.42 Å². The normalized spacial score (nSPS) is 13.0. The van der Waals surface area contributed by atoms with Gasteiger partial charge in [-0.2, -0.15) is 4.31 Å². The lowest BCUT2D eigenvalue weighted by Gasteiger charge is -2.24. The predicted molar refractivity (Wildman–Crippen MR) is 91.0 cm³/mol. The monoisotopic (exact) mass is 349 g/mol. The summed E-state index contributed by atoms with van der Waals surface area (Å²) in [5, 5.41) is 10.6. The molecule has 0 bridgehead atoms. The molecule has 2 aromatic rings. The van der Waals surface area contributed by atoms with E-state index in [1.165, 1.54) is 16.4 Å². The Balaban J connectivity index is 2.03. The first-order chi connectivity index (χ1) is 11.3. The van der Waals surface area contributed by atoms with E-state index in [1.54, 1.807) is 44.6 Å². The summed E-state index contributed by atoms with van der Waals surface area (Å²) in [5.41, 5.74) is 1.55. The largest absolute Gasteiger partial charge is 0.269 e. The summed E-state index contributed by atoms with van der Waals surface area (Å²) in [4.78, 5) is 14.2. The zero-order valence-electron chi connectivity index (χ0n) is 13.5. The number of aryl methyl sites for hydroxylation is 1. The molecule has 0 unspecified atom stereocenters. The summed E-state index contributed by atoms with van der Waals surface area (Å²) in [6, 6.07) is 9.20. The summed E-state index contributed by atoms with van der Waals surface area (Å²) in [6.07, 6.45) is 3.58. The molecule has 128 valence electrons. The van der Waals surface area contributed by atoms with Crippen molar-refractivity contribution >= 4 is 15.7 Å². The lowest BCUT2D eigenvalue weighted by molar-refractivity contribution is -0.384. The first-order valence-corrected chi connectivity index (χ1v) is 9.01. The van der Waals surface area contributed by atoms with Gasteiger partial charge in [0.05, 0.1) is 10.7 Å². The smallest absolute Gasteiger partial charge is 0.264 e. The van der Waals surface area contributed by atoms with E-state index < -0.39 is 14.9 Å². The third-order valence-corrected chi connectivity index (χ3v) is 5.86. The highest BCUT2D eigenvalue weighted by molar-refractivity contribution is 7.89. The zero-order chi connectivity index (χ0) is 17.7. The van der Waals surface area contributed by atoms with E-state index in [1.807, 2.05) is 6.07 Å². The molecule has 8 heteroatoms. The Labute approximate surface area is 141 Å². The number of benzene rings is 1. The van der Waals surface area contributed by atoms with Crippen LogP contribution < -0.4 is 0 Å². The highest BCUT2D eigenvalue weighted by Gasteiger charge is 2.24. The molecular formula is C16H19N3O4S. The highest BCUT2D eigenvalue weighted by atomic mass is 32.2. The number of non-ortho nitro benzene ring substituents is 1. The van der Waals surface area contributed by atoms with Crippen LogP contribution in [0.5, 0.6) is 0 Å². The zero-order valence-corrected chi connectivity index (χ0v) is 14.3. The topological polar surface area (TPSA) is 93.4 Å². The Morgan fingerprint density at radius 1 is 1.25 bits per heavy atom. The summed E-state index contributed by atoms with van der Waals surface area (Å²) in [6.45, 7) is 1.81. The molecule has 0 amide bonds. The molecule has 0 spiro atoms. The van der Waals surface area contributed by atoms with Gasteiger partial charge in [0.15, 0.2) is 0 Å². The second-order valence-electron chi connectivity index (χ2n) is 5.47. The number of aromatic nitrogens is 1. The van der Waals surface area contributed by atoms with Crippen LogP contribution in [-0.4, -0.2) is 35.4 Å². The van der Waals surface area contributed by atoms with Crippen LogP contribution in [0, 0.1) is 10.1 Å². The van der Waals surface area contributed by atoms with Gasteiger partial charge >= 0.3 is 0 Å². The maximum absolute atomic E-state index is 12.5.